The Kier molecular flexibility index (Phi) is 5.37. The molecular weight excluding hydrogens is 242 g/mol. The Morgan fingerprint density at radius 3 is 2.59 bits per heavy atom. The maximum absolute atomic E-state index is 11.2. The van der Waals surface area contributed by atoms with Crippen LogP contribution in [-0.2, 0) is 19.3 Å². The number of nitrogens with one attached hydrogen (secondary N) is 1. The molecule has 4 unspecified atom stereocenters. The lowest BCUT2D eigenvalue weighted by Crippen LogP contribution is -2.62. The summed E-state index contributed by atoms with van der Waals surface area (Å²) in [6.45, 7) is 4.51. The molecule has 0 amide bonds. The molecule has 6 heteroatoms. The van der Waals surface area contributed by atoms with Crippen LogP contribution in [0.25, 0.3) is 0 Å². The van der Waals surface area contributed by atoms with Gasteiger partial charge in [-0.15, -0.1) is 0 Å². The standard InChI is InChI=1S/C11H23NO4S/c1-5-16-10-6-9(11(10)15-3)12-8(2)7-17(4,13)14/h8-12H,5-7H2,1-4H3. The average molecular weight is 265 g/mol. The Labute approximate surface area is 104 Å². The quantitative estimate of drug-likeness (QED) is 0.712. The topological polar surface area (TPSA) is 64.6 Å². The van der Waals surface area contributed by atoms with Crippen LogP contribution < -0.4 is 5.32 Å². The van der Waals surface area contributed by atoms with Gasteiger partial charge in [-0.3, -0.25) is 0 Å². The maximum Gasteiger partial charge on any atom is 0.148 e. The molecule has 0 spiro atoms. The summed E-state index contributed by atoms with van der Waals surface area (Å²) >= 11 is 0. The van der Waals surface area contributed by atoms with Crippen molar-refractivity contribution in [1.82, 2.24) is 5.32 Å². The van der Waals surface area contributed by atoms with Crippen molar-refractivity contribution in [3.63, 3.8) is 0 Å². The Bertz CT molecular complexity index is 330. The second kappa shape index (κ2) is 6.13. The predicted molar refractivity (Wildman–Crippen MR) is 66.9 cm³/mol. The molecule has 4 atom stereocenters. The fourth-order valence-electron chi connectivity index (χ4n) is 2.31. The molecule has 1 aliphatic carbocycles. The number of ether oxygens (including phenoxy) is 2. The third-order valence-electron chi connectivity index (χ3n) is 2.95. The lowest BCUT2D eigenvalue weighted by atomic mass is 9.84. The van der Waals surface area contributed by atoms with Crippen molar-refractivity contribution in [3.05, 3.63) is 0 Å². The largest absolute Gasteiger partial charge is 0.377 e. The van der Waals surface area contributed by atoms with Gasteiger partial charge in [-0.05, 0) is 20.3 Å². The van der Waals surface area contributed by atoms with Gasteiger partial charge in [-0.25, -0.2) is 8.42 Å². The molecule has 0 aliphatic heterocycles. The van der Waals surface area contributed by atoms with Crippen molar-refractivity contribution in [3.8, 4) is 0 Å². The highest BCUT2D eigenvalue weighted by Gasteiger charge is 2.42. The van der Waals surface area contributed by atoms with Crippen LogP contribution in [0.5, 0.6) is 0 Å². The van der Waals surface area contributed by atoms with Gasteiger partial charge in [0.1, 0.15) is 9.84 Å². The minimum atomic E-state index is -2.94. The van der Waals surface area contributed by atoms with Crippen LogP contribution in [-0.4, -0.2) is 58.4 Å². The molecule has 17 heavy (non-hydrogen) atoms. The smallest absolute Gasteiger partial charge is 0.148 e. The summed E-state index contributed by atoms with van der Waals surface area (Å²) in [5.41, 5.74) is 0. The fraction of sp³-hybridized carbons (Fsp3) is 1.00. The van der Waals surface area contributed by atoms with Crippen LogP contribution in [0.4, 0.5) is 0 Å². The van der Waals surface area contributed by atoms with Crippen LogP contribution in [0.15, 0.2) is 0 Å². The van der Waals surface area contributed by atoms with Gasteiger partial charge >= 0.3 is 0 Å². The molecule has 0 aromatic rings. The van der Waals surface area contributed by atoms with E-state index >= 15 is 0 Å². The van der Waals surface area contributed by atoms with Crippen LogP contribution in [0.3, 0.4) is 0 Å². The van der Waals surface area contributed by atoms with E-state index in [4.69, 9.17) is 9.47 Å². The van der Waals surface area contributed by atoms with Crippen LogP contribution >= 0.6 is 0 Å². The van der Waals surface area contributed by atoms with Gasteiger partial charge in [0.2, 0.25) is 0 Å². The predicted octanol–water partition coefficient (Wildman–Crippen LogP) is 0.202. The number of sulfone groups is 1. The summed E-state index contributed by atoms with van der Waals surface area (Å²) < 4.78 is 33.2. The highest BCUT2D eigenvalue weighted by Crippen LogP contribution is 2.27. The molecule has 0 aromatic heterocycles. The van der Waals surface area contributed by atoms with Gasteiger partial charge in [-0.2, -0.15) is 0 Å². The zero-order chi connectivity index (χ0) is 13.1. The van der Waals surface area contributed by atoms with Gasteiger partial charge in [0.15, 0.2) is 0 Å². The summed E-state index contributed by atoms with van der Waals surface area (Å²) in [4.78, 5) is 0. The first-order valence-electron chi connectivity index (χ1n) is 5.95. The Hall–Kier alpha value is -0.170. The summed E-state index contributed by atoms with van der Waals surface area (Å²) in [5.74, 6) is 0.152. The second-order valence-corrected chi connectivity index (χ2v) is 6.88. The van der Waals surface area contributed by atoms with Gasteiger partial charge in [0.25, 0.3) is 0 Å². The Morgan fingerprint density at radius 1 is 1.47 bits per heavy atom. The lowest BCUT2D eigenvalue weighted by molar-refractivity contribution is -0.132. The number of methoxy groups -OCH3 is 1. The van der Waals surface area contributed by atoms with Crippen molar-refractivity contribution < 1.29 is 17.9 Å². The number of hydrogen-bond acceptors (Lipinski definition) is 5. The van der Waals surface area contributed by atoms with Crippen molar-refractivity contribution in [2.45, 2.75) is 44.6 Å². The van der Waals surface area contributed by atoms with E-state index in [1.165, 1.54) is 6.26 Å². The SMILES string of the molecule is CCOC1CC(NC(C)CS(C)(=O)=O)C1OC. The van der Waals surface area contributed by atoms with Crippen LogP contribution in [0, 0.1) is 0 Å². The van der Waals surface area contributed by atoms with Crippen molar-refractivity contribution >= 4 is 9.84 Å². The van der Waals surface area contributed by atoms with Gasteiger partial charge in [0.05, 0.1) is 18.0 Å². The van der Waals surface area contributed by atoms with Crippen LogP contribution in [0.1, 0.15) is 20.3 Å². The molecule has 5 nitrogen and oxygen atoms in total. The van der Waals surface area contributed by atoms with Gasteiger partial charge in [0, 0.05) is 32.1 Å². The van der Waals surface area contributed by atoms with Gasteiger partial charge in [-0.1, -0.05) is 0 Å². The normalized spacial score (nSPS) is 30.9. The minimum absolute atomic E-state index is 0.0250. The van der Waals surface area contributed by atoms with Crippen molar-refractivity contribution in [1.29, 1.82) is 0 Å². The average Bonchev–Trinajstić information content (AvgIpc) is 2.13. The molecule has 0 radical (unpaired) electrons. The number of hydrogen-bond donors (Lipinski definition) is 1. The molecule has 1 saturated carbocycles. The number of rotatable bonds is 7. The molecule has 0 bridgehead atoms. The monoisotopic (exact) mass is 265 g/mol. The third-order valence-corrected chi connectivity index (χ3v) is 4.06. The molecule has 1 N–H and O–H groups in total. The Morgan fingerprint density at radius 2 is 2.12 bits per heavy atom. The first-order valence-corrected chi connectivity index (χ1v) is 8.01. The molecule has 0 saturated heterocycles. The first-order chi connectivity index (χ1) is 7.87. The Balaban J connectivity index is 2.38. The third kappa shape index (κ3) is 4.54. The van der Waals surface area contributed by atoms with Crippen molar-refractivity contribution in [2.75, 3.05) is 25.7 Å². The molecule has 102 valence electrons. The van der Waals surface area contributed by atoms with E-state index in [0.717, 1.165) is 6.42 Å². The first kappa shape index (κ1) is 14.9. The highest BCUT2D eigenvalue weighted by molar-refractivity contribution is 7.90. The molecule has 1 aliphatic rings. The molecule has 1 rings (SSSR count). The summed E-state index contributed by atoms with van der Waals surface area (Å²) in [5, 5.41) is 3.28. The second-order valence-electron chi connectivity index (χ2n) is 4.70. The zero-order valence-corrected chi connectivity index (χ0v) is 11.8. The van der Waals surface area contributed by atoms with E-state index < -0.39 is 9.84 Å². The van der Waals surface area contributed by atoms with Crippen LogP contribution in [0.2, 0.25) is 0 Å². The molecule has 0 aromatic carbocycles. The molecule has 0 heterocycles. The molecular formula is C11H23NO4S. The summed E-state index contributed by atoms with van der Waals surface area (Å²) in [7, 11) is -1.28. The highest BCUT2D eigenvalue weighted by atomic mass is 32.2. The maximum atomic E-state index is 11.2. The van der Waals surface area contributed by atoms with E-state index in [0.29, 0.717) is 6.61 Å². The summed E-state index contributed by atoms with van der Waals surface area (Å²) in [6, 6.07) is 0.128. The fourth-order valence-corrected chi connectivity index (χ4v) is 3.31. The van der Waals surface area contributed by atoms with E-state index in [2.05, 4.69) is 5.32 Å². The lowest BCUT2D eigenvalue weighted by Gasteiger charge is -2.44. The minimum Gasteiger partial charge on any atom is -0.377 e. The molecule has 1 fully saturated rings. The zero-order valence-electron chi connectivity index (χ0n) is 11.0. The van der Waals surface area contributed by atoms with E-state index in [-0.39, 0.29) is 30.0 Å². The summed E-state index contributed by atoms with van der Waals surface area (Å²) in [6.07, 6.45) is 2.29. The van der Waals surface area contributed by atoms with E-state index in [1.807, 2.05) is 13.8 Å². The van der Waals surface area contributed by atoms with E-state index in [9.17, 15) is 8.42 Å². The van der Waals surface area contributed by atoms with Gasteiger partial charge < -0.3 is 14.8 Å². The van der Waals surface area contributed by atoms with E-state index in [1.54, 1.807) is 7.11 Å². The van der Waals surface area contributed by atoms with Crippen molar-refractivity contribution in [2.24, 2.45) is 0 Å².